The number of rotatable bonds is 3. The van der Waals surface area contributed by atoms with Gasteiger partial charge in [0.25, 0.3) is 0 Å². The van der Waals surface area contributed by atoms with Crippen molar-refractivity contribution in [3.63, 3.8) is 0 Å². The minimum absolute atomic E-state index is 0.346. The maximum absolute atomic E-state index is 10.7. The average Bonchev–Trinajstić information content (AvgIpc) is 2.09. The quantitative estimate of drug-likeness (QED) is 0.659. The molecule has 0 saturated heterocycles. The first kappa shape index (κ1) is 9.84. The molecule has 0 aromatic carbocycles. The first-order valence-electron chi connectivity index (χ1n) is 4.28. The van der Waals surface area contributed by atoms with E-state index in [9.17, 15) is 4.79 Å². The van der Waals surface area contributed by atoms with Gasteiger partial charge in [0.2, 0.25) is 0 Å². The molecule has 13 heavy (non-hydrogen) atoms. The van der Waals surface area contributed by atoms with Gasteiger partial charge < -0.3 is 4.79 Å². The molecule has 0 unspecified atom stereocenters. The molecule has 3 nitrogen and oxygen atoms in total. The number of aryl methyl sites for hydroxylation is 1. The van der Waals surface area contributed by atoms with Crippen molar-refractivity contribution in [2.75, 3.05) is 0 Å². The molecular weight excluding hydrogens is 164 g/mol. The molecule has 0 fully saturated rings. The lowest BCUT2D eigenvalue weighted by Crippen LogP contribution is -2.18. The van der Waals surface area contributed by atoms with Crippen molar-refractivity contribution in [2.24, 2.45) is 5.41 Å². The van der Waals surface area contributed by atoms with Gasteiger partial charge in [-0.25, -0.2) is 0 Å². The molecule has 1 heterocycles. The molecule has 1 rings (SSSR count). The van der Waals surface area contributed by atoms with Crippen molar-refractivity contribution in [3.05, 3.63) is 23.8 Å². The molecule has 0 aliphatic carbocycles. The normalized spacial score (nSPS) is 11.3. The summed E-state index contributed by atoms with van der Waals surface area (Å²) in [5.41, 5.74) is 1.46. The number of nitrogens with zero attached hydrogens (tertiary/aromatic N) is 2. The summed E-state index contributed by atoms with van der Waals surface area (Å²) in [6.45, 7) is 5.70. The van der Waals surface area contributed by atoms with E-state index in [2.05, 4.69) is 9.97 Å². The smallest absolute Gasteiger partial charge is 0.125 e. The van der Waals surface area contributed by atoms with E-state index in [4.69, 9.17) is 0 Å². The second kappa shape index (κ2) is 3.64. The average molecular weight is 178 g/mol. The fourth-order valence-electron chi connectivity index (χ4n) is 1.08. The molecule has 0 bridgehead atoms. The van der Waals surface area contributed by atoms with Crippen LogP contribution in [0.3, 0.4) is 0 Å². The Hall–Kier alpha value is -1.25. The van der Waals surface area contributed by atoms with Crippen LogP contribution in [-0.4, -0.2) is 16.3 Å². The van der Waals surface area contributed by atoms with E-state index in [1.807, 2.05) is 20.8 Å². The van der Waals surface area contributed by atoms with Crippen LogP contribution in [0.5, 0.6) is 0 Å². The zero-order valence-electron chi connectivity index (χ0n) is 8.24. The van der Waals surface area contributed by atoms with Gasteiger partial charge in [0.05, 0.1) is 11.4 Å². The first-order valence-corrected chi connectivity index (χ1v) is 4.28. The lowest BCUT2D eigenvalue weighted by molar-refractivity contribution is -0.114. The Bertz CT molecular complexity index is 308. The van der Waals surface area contributed by atoms with E-state index in [1.54, 1.807) is 12.4 Å². The van der Waals surface area contributed by atoms with Crippen LogP contribution < -0.4 is 0 Å². The van der Waals surface area contributed by atoms with E-state index in [0.29, 0.717) is 6.42 Å². The number of aromatic nitrogens is 2. The first-order chi connectivity index (χ1) is 6.05. The van der Waals surface area contributed by atoms with Crippen LogP contribution in [0.4, 0.5) is 0 Å². The van der Waals surface area contributed by atoms with Crippen molar-refractivity contribution >= 4 is 6.29 Å². The molecule has 0 radical (unpaired) electrons. The molecular formula is C10H14N2O. The molecule has 0 amide bonds. The van der Waals surface area contributed by atoms with E-state index in [0.717, 1.165) is 17.7 Å². The molecule has 0 N–H and O–H groups in total. The summed E-state index contributed by atoms with van der Waals surface area (Å²) in [5, 5.41) is 0. The highest BCUT2D eigenvalue weighted by molar-refractivity contribution is 5.58. The number of hydrogen-bond acceptors (Lipinski definition) is 3. The summed E-state index contributed by atoms with van der Waals surface area (Å²) in [5.74, 6) is 0. The highest BCUT2D eigenvalue weighted by Gasteiger charge is 2.19. The lowest BCUT2D eigenvalue weighted by atomic mass is 9.89. The Morgan fingerprint density at radius 3 is 2.54 bits per heavy atom. The highest BCUT2D eigenvalue weighted by Crippen LogP contribution is 2.18. The van der Waals surface area contributed by atoms with Gasteiger partial charge in [-0.05, 0) is 6.92 Å². The molecule has 1 aromatic rings. The van der Waals surface area contributed by atoms with Gasteiger partial charge in [0.1, 0.15) is 6.29 Å². The summed E-state index contributed by atoms with van der Waals surface area (Å²) >= 11 is 0. The van der Waals surface area contributed by atoms with E-state index in [-0.39, 0.29) is 5.41 Å². The SMILES string of the molecule is Cc1nccnc1CC(C)(C)C=O. The van der Waals surface area contributed by atoms with Crippen LogP contribution in [0.1, 0.15) is 25.2 Å². The third-order valence-electron chi connectivity index (χ3n) is 1.92. The zero-order valence-corrected chi connectivity index (χ0v) is 8.24. The van der Waals surface area contributed by atoms with Gasteiger partial charge in [0.15, 0.2) is 0 Å². The molecule has 1 aromatic heterocycles. The molecule has 0 saturated carbocycles. The van der Waals surface area contributed by atoms with Gasteiger partial charge in [-0.15, -0.1) is 0 Å². The second-order valence-corrected chi connectivity index (χ2v) is 3.87. The Morgan fingerprint density at radius 1 is 1.38 bits per heavy atom. The minimum atomic E-state index is -0.346. The van der Waals surface area contributed by atoms with Crippen molar-refractivity contribution in [1.29, 1.82) is 0 Å². The summed E-state index contributed by atoms with van der Waals surface area (Å²) < 4.78 is 0. The predicted octanol–water partition coefficient (Wildman–Crippen LogP) is 1.55. The third-order valence-corrected chi connectivity index (χ3v) is 1.92. The van der Waals surface area contributed by atoms with Crippen LogP contribution in [-0.2, 0) is 11.2 Å². The molecule has 0 spiro atoms. The lowest BCUT2D eigenvalue weighted by Gasteiger charge is -2.16. The largest absolute Gasteiger partial charge is 0.303 e. The second-order valence-electron chi connectivity index (χ2n) is 3.87. The van der Waals surface area contributed by atoms with Crippen molar-refractivity contribution < 1.29 is 4.79 Å². The predicted molar refractivity (Wildman–Crippen MR) is 50.3 cm³/mol. The van der Waals surface area contributed by atoms with Crippen molar-refractivity contribution in [2.45, 2.75) is 27.2 Å². The Morgan fingerprint density at radius 2 is 2.00 bits per heavy atom. The van der Waals surface area contributed by atoms with E-state index < -0.39 is 0 Å². The summed E-state index contributed by atoms with van der Waals surface area (Å²) in [6, 6.07) is 0. The fourth-order valence-corrected chi connectivity index (χ4v) is 1.08. The minimum Gasteiger partial charge on any atom is -0.303 e. The highest BCUT2D eigenvalue weighted by atomic mass is 16.1. The Balaban J connectivity index is 2.86. The maximum Gasteiger partial charge on any atom is 0.125 e. The van der Waals surface area contributed by atoms with E-state index in [1.165, 1.54) is 0 Å². The number of aldehydes is 1. The molecule has 70 valence electrons. The van der Waals surface area contributed by atoms with Crippen LogP contribution in [0, 0.1) is 12.3 Å². The van der Waals surface area contributed by atoms with Crippen LogP contribution in [0.25, 0.3) is 0 Å². The topological polar surface area (TPSA) is 42.9 Å². The number of carbonyl (C=O) groups is 1. The van der Waals surface area contributed by atoms with Gasteiger partial charge in [-0.1, -0.05) is 13.8 Å². The van der Waals surface area contributed by atoms with Crippen LogP contribution >= 0.6 is 0 Å². The number of hydrogen-bond donors (Lipinski definition) is 0. The monoisotopic (exact) mass is 178 g/mol. The van der Waals surface area contributed by atoms with Crippen molar-refractivity contribution in [3.8, 4) is 0 Å². The Kier molecular flexibility index (Phi) is 2.76. The third kappa shape index (κ3) is 2.61. The summed E-state index contributed by atoms with van der Waals surface area (Å²) in [4.78, 5) is 19.0. The molecule has 0 atom stereocenters. The number of carbonyl (C=O) groups excluding carboxylic acids is 1. The van der Waals surface area contributed by atoms with Gasteiger partial charge >= 0.3 is 0 Å². The van der Waals surface area contributed by atoms with Gasteiger partial charge in [0, 0.05) is 24.2 Å². The van der Waals surface area contributed by atoms with Gasteiger partial charge in [-0.3, -0.25) is 9.97 Å². The van der Waals surface area contributed by atoms with Gasteiger partial charge in [-0.2, -0.15) is 0 Å². The van der Waals surface area contributed by atoms with Crippen LogP contribution in [0.15, 0.2) is 12.4 Å². The Labute approximate surface area is 78.2 Å². The standard InChI is InChI=1S/C10H14N2O/c1-8-9(12-5-4-11-8)6-10(2,3)7-13/h4-5,7H,6H2,1-3H3. The maximum atomic E-state index is 10.7. The summed E-state index contributed by atoms with van der Waals surface area (Å²) in [7, 11) is 0. The molecule has 0 aliphatic heterocycles. The van der Waals surface area contributed by atoms with E-state index >= 15 is 0 Å². The summed E-state index contributed by atoms with van der Waals surface area (Å²) in [6.07, 6.45) is 4.92. The molecule has 0 aliphatic rings. The fraction of sp³-hybridized carbons (Fsp3) is 0.500. The van der Waals surface area contributed by atoms with Crippen molar-refractivity contribution in [1.82, 2.24) is 9.97 Å². The molecule has 3 heteroatoms. The van der Waals surface area contributed by atoms with Crippen LogP contribution in [0.2, 0.25) is 0 Å². The zero-order chi connectivity index (χ0) is 9.90.